The summed E-state index contributed by atoms with van der Waals surface area (Å²) in [7, 11) is -3.65. The molecule has 0 aliphatic rings. The lowest BCUT2D eigenvalue weighted by Gasteiger charge is -2.29. The molecule has 0 heterocycles. The quantitative estimate of drug-likeness (QED) is 0.831. The van der Waals surface area contributed by atoms with Crippen molar-refractivity contribution in [2.24, 2.45) is 0 Å². The fourth-order valence-electron chi connectivity index (χ4n) is 2.68. The largest absolute Gasteiger partial charge is 0.324 e. The first-order valence-electron chi connectivity index (χ1n) is 8.14. The molecule has 0 bridgehead atoms. The van der Waals surface area contributed by atoms with E-state index < -0.39 is 22.0 Å². The molecule has 1 atom stereocenters. The van der Waals surface area contributed by atoms with E-state index in [1.54, 1.807) is 37.3 Å². The minimum atomic E-state index is -3.65. The topological polar surface area (TPSA) is 66.5 Å². The smallest absolute Gasteiger partial charge is 0.248 e. The predicted octanol–water partition coefficient (Wildman–Crippen LogP) is 4.06. The molecule has 0 spiro atoms. The van der Waals surface area contributed by atoms with Gasteiger partial charge in [0, 0.05) is 10.7 Å². The Labute approximate surface area is 160 Å². The first-order valence-corrected chi connectivity index (χ1v) is 10.4. The van der Waals surface area contributed by atoms with Crippen molar-refractivity contribution in [1.29, 1.82) is 0 Å². The average molecular weight is 395 g/mol. The van der Waals surface area contributed by atoms with Gasteiger partial charge in [0.1, 0.15) is 6.04 Å². The van der Waals surface area contributed by atoms with Gasteiger partial charge in [-0.2, -0.15) is 0 Å². The Morgan fingerprint density at radius 1 is 1.04 bits per heavy atom. The van der Waals surface area contributed by atoms with Crippen molar-refractivity contribution in [1.82, 2.24) is 0 Å². The first-order chi connectivity index (χ1) is 12.0. The van der Waals surface area contributed by atoms with Gasteiger partial charge in [0.05, 0.1) is 11.9 Å². The Bertz CT molecular complexity index is 942. The molecule has 140 valence electrons. The van der Waals surface area contributed by atoms with E-state index in [1.807, 2.05) is 26.8 Å². The lowest BCUT2D eigenvalue weighted by atomic mass is 10.1. The molecular formula is C19H23ClN2O3S. The zero-order valence-electron chi connectivity index (χ0n) is 15.5. The SMILES string of the molecule is Cc1ccc(N(C(C)C(=O)Nc2ccc(Cl)cc2C)S(C)(=O)=O)cc1C. The molecule has 0 aromatic heterocycles. The zero-order chi connectivity index (χ0) is 19.6. The molecule has 0 aliphatic heterocycles. The van der Waals surface area contributed by atoms with Crippen molar-refractivity contribution < 1.29 is 13.2 Å². The molecule has 0 aliphatic carbocycles. The third-order valence-electron chi connectivity index (χ3n) is 4.28. The van der Waals surface area contributed by atoms with Crippen LogP contribution in [0, 0.1) is 20.8 Å². The highest BCUT2D eigenvalue weighted by molar-refractivity contribution is 7.92. The number of benzene rings is 2. The number of rotatable bonds is 5. The fraction of sp³-hybridized carbons (Fsp3) is 0.316. The van der Waals surface area contributed by atoms with Crippen LogP contribution < -0.4 is 9.62 Å². The molecule has 26 heavy (non-hydrogen) atoms. The lowest BCUT2D eigenvalue weighted by Crippen LogP contribution is -2.45. The number of nitrogens with one attached hydrogen (secondary N) is 1. The standard InChI is InChI=1S/C19H23ClN2O3S/c1-12-6-8-17(11-13(12)2)22(26(5,24)25)15(4)19(23)21-18-9-7-16(20)10-14(18)3/h6-11,15H,1-5H3,(H,21,23). The van der Waals surface area contributed by atoms with E-state index in [0.29, 0.717) is 16.4 Å². The minimum Gasteiger partial charge on any atom is -0.324 e. The van der Waals surface area contributed by atoms with Crippen LogP contribution in [0.5, 0.6) is 0 Å². The second kappa shape index (κ2) is 7.68. The van der Waals surface area contributed by atoms with E-state index in [1.165, 1.54) is 0 Å². The lowest BCUT2D eigenvalue weighted by molar-refractivity contribution is -0.116. The van der Waals surface area contributed by atoms with Crippen LogP contribution in [-0.2, 0) is 14.8 Å². The zero-order valence-corrected chi connectivity index (χ0v) is 17.1. The molecule has 5 nitrogen and oxygen atoms in total. The molecule has 2 aromatic carbocycles. The van der Waals surface area contributed by atoms with Gasteiger partial charge in [0.15, 0.2) is 0 Å². The number of hydrogen-bond acceptors (Lipinski definition) is 3. The second-order valence-electron chi connectivity index (χ2n) is 6.45. The van der Waals surface area contributed by atoms with Gasteiger partial charge in [-0.3, -0.25) is 9.10 Å². The van der Waals surface area contributed by atoms with Gasteiger partial charge in [-0.15, -0.1) is 0 Å². The highest BCUT2D eigenvalue weighted by Crippen LogP contribution is 2.25. The number of amides is 1. The number of halogens is 1. The molecule has 0 saturated heterocycles. The Kier molecular flexibility index (Phi) is 5.98. The van der Waals surface area contributed by atoms with Crippen molar-refractivity contribution >= 4 is 38.9 Å². The minimum absolute atomic E-state index is 0.418. The maximum atomic E-state index is 12.7. The summed E-state index contributed by atoms with van der Waals surface area (Å²) in [5.74, 6) is -0.418. The maximum Gasteiger partial charge on any atom is 0.248 e. The van der Waals surface area contributed by atoms with Crippen molar-refractivity contribution in [3.63, 3.8) is 0 Å². The average Bonchev–Trinajstić information content (AvgIpc) is 2.52. The van der Waals surface area contributed by atoms with E-state index >= 15 is 0 Å². The normalized spacial score (nSPS) is 12.5. The van der Waals surface area contributed by atoms with Crippen LogP contribution in [0.4, 0.5) is 11.4 Å². The summed E-state index contributed by atoms with van der Waals surface area (Å²) >= 11 is 5.93. The number of aryl methyl sites for hydroxylation is 3. The third kappa shape index (κ3) is 4.56. The maximum absolute atomic E-state index is 12.7. The number of sulfonamides is 1. The van der Waals surface area contributed by atoms with E-state index in [2.05, 4.69) is 5.32 Å². The van der Waals surface area contributed by atoms with E-state index in [9.17, 15) is 13.2 Å². The molecule has 7 heteroatoms. The Hall–Kier alpha value is -2.05. The molecule has 2 rings (SSSR count). The summed E-state index contributed by atoms with van der Waals surface area (Å²) in [6.07, 6.45) is 1.10. The van der Waals surface area contributed by atoms with E-state index in [-0.39, 0.29) is 0 Å². The fourth-order valence-corrected chi connectivity index (χ4v) is 4.07. The van der Waals surface area contributed by atoms with Crippen molar-refractivity contribution in [3.8, 4) is 0 Å². The molecule has 1 amide bonds. The van der Waals surface area contributed by atoms with Gasteiger partial charge >= 0.3 is 0 Å². The summed E-state index contributed by atoms with van der Waals surface area (Å²) in [5.41, 5.74) is 3.87. The summed E-state index contributed by atoms with van der Waals surface area (Å²) < 4.78 is 25.9. The van der Waals surface area contributed by atoms with Crippen molar-refractivity contribution in [3.05, 3.63) is 58.1 Å². The summed E-state index contributed by atoms with van der Waals surface area (Å²) in [4.78, 5) is 12.7. The van der Waals surface area contributed by atoms with Gasteiger partial charge < -0.3 is 5.32 Å². The molecule has 0 fully saturated rings. The first kappa shape index (κ1) is 20.3. The number of nitrogens with zero attached hydrogens (tertiary/aromatic N) is 1. The highest BCUT2D eigenvalue weighted by atomic mass is 35.5. The molecular weight excluding hydrogens is 372 g/mol. The Morgan fingerprint density at radius 2 is 1.69 bits per heavy atom. The number of hydrogen-bond donors (Lipinski definition) is 1. The number of carbonyl (C=O) groups excluding carboxylic acids is 1. The van der Waals surface area contributed by atoms with Gasteiger partial charge in [-0.05, 0) is 74.7 Å². The molecule has 0 saturated carbocycles. The van der Waals surface area contributed by atoms with Gasteiger partial charge in [-0.1, -0.05) is 17.7 Å². The molecule has 2 aromatic rings. The highest BCUT2D eigenvalue weighted by Gasteiger charge is 2.29. The number of carbonyl (C=O) groups is 1. The molecule has 0 radical (unpaired) electrons. The van der Waals surface area contributed by atoms with Gasteiger partial charge in [0.2, 0.25) is 15.9 Å². The van der Waals surface area contributed by atoms with Gasteiger partial charge in [-0.25, -0.2) is 8.42 Å². The van der Waals surface area contributed by atoms with Crippen LogP contribution in [0.3, 0.4) is 0 Å². The van der Waals surface area contributed by atoms with Crippen LogP contribution in [0.25, 0.3) is 0 Å². The van der Waals surface area contributed by atoms with E-state index in [4.69, 9.17) is 11.6 Å². The van der Waals surface area contributed by atoms with Crippen LogP contribution in [0.2, 0.25) is 5.02 Å². The summed E-state index contributed by atoms with van der Waals surface area (Å²) in [6, 6.07) is 9.52. The summed E-state index contributed by atoms with van der Waals surface area (Å²) in [5, 5.41) is 3.35. The van der Waals surface area contributed by atoms with Crippen molar-refractivity contribution in [2.75, 3.05) is 15.9 Å². The van der Waals surface area contributed by atoms with Gasteiger partial charge in [0.25, 0.3) is 0 Å². The monoisotopic (exact) mass is 394 g/mol. The summed E-state index contributed by atoms with van der Waals surface area (Å²) in [6.45, 7) is 7.24. The Balaban J connectivity index is 2.35. The van der Waals surface area contributed by atoms with Crippen LogP contribution in [0.1, 0.15) is 23.6 Å². The molecule has 1 N–H and O–H groups in total. The second-order valence-corrected chi connectivity index (χ2v) is 8.75. The Morgan fingerprint density at radius 3 is 2.23 bits per heavy atom. The molecule has 1 unspecified atom stereocenters. The van der Waals surface area contributed by atoms with Crippen molar-refractivity contribution in [2.45, 2.75) is 33.7 Å². The third-order valence-corrected chi connectivity index (χ3v) is 5.76. The number of anilines is 2. The van der Waals surface area contributed by atoms with E-state index in [0.717, 1.165) is 27.3 Å². The van der Waals surface area contributed by atoms with Crippen LogP contribution >= 0.6 is 11.6 Å². The predicted molar refractivity (Wildman–Crippen MR) is 108 cm³/mol. The van der Waals surface area contributed by atoms with Crippen LogP contribution in [0.15, 0.2) is 36.4 Å². The van der Waals surface area contributed by atoms with Crippen LogP contribution in [-0.4, -0.2) is 26.6 Å².